The predicted octanol–water partition coefficient (Wildman–Crippen LogP) is 2.85. The van der Waals surface area contributed by atoms with Crippen molar-refractivity contribution >= 4 is 18.4 Å². The van der Waals surface area contributed by atoms with Crippen LogP contribution in [0.15, 0.2) is 18.2 Å². The molecular weight excluding hydrogens is 287 g/mol. The summed E-state index contributed by atoms with van der Waals surface area (Å²) >= 11 is 0. The highest BCUT2D eigenvalue weighted by Crippen LogP contribution is 2.28. The van der Waals surface area contributed by atoms with E-state index in [1.165, 1.54) is 6.07 Å². The van der Waals surface area contributed by atoms with Gasteiger partial charge in [0.2, 0.25) is 0 Å². The number of halogens is 4. The summed E-state index contributed by atoms with van der Waals surface area (Å²) in [4.78, 5) is 10.7. The van der Waals surface area contributed by atoms with Crippen LogP contribution in [-0.4, -0.2) is 22.4 Å². The zero-order chi connectivity index (χ0) is 13.9. The van der Waals surface area contributed by atoms with E-state index in [9.17, 15) is 23.1 Å². The molecule has 1 aromatic carbocycles. The second kappa shape index (κ2) is 6.63. The number of hydrogen-bond donors (Lipinski definition) is 3. The normalized spacial score (nSPS) is 12.6. The van der Waals surface area contributed by atoms with E-state index in [-0.39, 0.29) is 30.0 Å². The summed E-state index contributed by atoms with van der Waals surface area (Å²) in [6.07, 6.45) is -5.69. The lowest BCUT2D eigenvalue weighted by molar-refractivity contribution is -0.136. The summed E-state index contributed by atoms with van der Waals surface area (Å²) < 4.78 is 36.0. The average molecular weight is 300 g/mol. The second-order valence-electron chi connectivity index (χ2n) is 3.84. The molecule has 0 fully saturated rings. The first-order chi connectivity index (χ1) is 8.20. The minimum Gasteiger partial charge on any atom is -0.507 e. The molecule has 0 amide bonds. The zero-order valence-corrected chi connectivity index (χ0v) is 10.5. The molecule has 1 atom stereocenters. The van der Waals surface area contributed by atoms with E-state index < -0.39 is 30.4 Å². The molecule has 19 heavy (non-hydrogen) atoms. The van der Waals surface area contributed by atoms with Crippen molar-refractivity contribution in [2.45, 2.75) is 25.1 Å². The van der Waals surface area contributed by atoms with Gasteiger partial charge in [-0.2, -0.15) is 13.2 Å². The Balaban J connectivity index is 0.00000324. The van der Waals surface area contributed by atoms with Gasteiger partial charge >= 0.3 is 12.1 Å². The molecular formula is C11H13ClF3NO3. The summed E-state index contributed by atoms with van der Waals surface area (Å²) in [6.45, 7) is 0. The van der Waals surface area contributed by atoms with E-state index >= 15 is 0 Å². The smallest absolute Gasteiger partial charge is 0.389 e. The molecule has 0 saturated carbocycles. The summed E-state index contributed by atoms with van der Waals surface area (Å²) in [6, 6.07) is 2.57. The van der Waals surface area contributed by atoms with Crippen LogP contribution in [-0.2, 0) is 0 Å². The van der Waals surface area contributed by atoms with E-state index in [4.69, 9.17) is 10.8 Å². The van der Waals surface area contributed by atoms with Crippen molar-refractivity contribution in [3.05, 3.63) is 29.3 Å². The first-order valence-corrected chi connectivity index (χ1v) is 5.09. The molecule has 1 aromatic rings. The number of phenols is 1. The molecule has 0 aliphatic carbocycles. The van der Waals surface area contributed by atoms with Gasteiger partial charge in [-0.1, -0.05) is 6.07 Å². The number of carboxylic acids is 1. The number of hydrogen-bond acceptors (Lipinski definition) is 3. The summed E-state index contributed by atoms with van der Waals surface area (Å²) in [7, 11) is 0. The average Bonchev–Trinajstić information content (AvgIpc) is 2.25. The van der Waals surface area contributed by atoms with Gasteiger partial charge in [0.15, 0.2) is 0 Å². The van der Waals surface area contributed by atoms with Crippen molar-refractivity contribution in [2.75, 3.05) is 0 Å². The maximum Gasteiger partial charge on any atom is 0.389 e. The molecule has 0 radical (unpaired) electrons. The molecule has 8 heteroatoms. The van der Waals surface area contributed by atoms with E-state index in [0.717, 1.165) is 12.1 Å². The number of rotatable bonds is 4. The third kappa shape index (κ3) is 5.35. The van der Waals surface area contributed by atoms with Gasteiger partial charge in [0.1, 0.15) is 11.3 Å². The molecule has 0 aliphatic rings. The fourth-order valence-corrected chi connectivity index (χ4v) is 1.44. The first kappa shape index (κ1) is 17.5. The van der Waals surface area contributed by atoms with Crippen LogP contribution in [0.2, 0.25) is 0 Å². The minimum absolute atomic E-state index is 0. The molecule has 4 nitrogen and oxygen atoms in total. The monoisotopic (exact) mass is 299 g/mol. The van der Waals surface area contributed by atoms with Crippen LogP contribution < -0.4 is 5.73 Å². The fourth-order valence-electron chi connectivity index (χ4n) is 1.44. The number of alkyl halides is 3. The number of aromatic hydroxyl groups is 1. The molecule has 0 unspecified atom stereocenters. The quantitative estimate of drug-likeness (QED) is 0.798. The third-order valence-electron chi connectivity index (χ3n) is 2.42. The second-order valence-corrected chi connectivity index (χ2v) is 3.84. The highest BCUT2D eigenvalue weighted by Gasteiger charge is 2.28. The molecule has 1 rings (SSSR count). The fraction of sp³-hybridized carbons (Fsp3) is 0.364. The number of carboxylic acid groups (broad SMARTS) is 1. The van der Waals surface area contributed by atoms with Gasteiger partial charge in [-0.15, -0.1) is 12.4 Å². The number of benzene rings is 1. The molecule has 4 N–H and O–H groups in total. The van der Waals surface area contributed by atoms with Crippen LogP contribution in [0.1, 0.15) is 34.8 Å². The predicted molar refractivity (Wildman–Crippen MR) is 64.5 cm³/mol. The maximum absolute atomic E-state index is 12.0. The topological polar surface area (TPSA) is 83.5 Å². The van der Waals surface area contributed by atoms with Crippen molar-refractivity contribution in [1.29, 1.82) is 0 Å². The minimum atomic E-state index is -4.30. The standard InChI is InChI=1S/C11H12F3NO3.ClH/c12-11(13,14)4-3-8(15)6-1-2-9(16)7(5-6)10(17)18;/h1-2,5,8,16H,3-4,15H2,(H,17,18);1H/t8-;/m0./s1. The van der Waals surface area contributed by atoms with Crippen LogP contribution in [0.25, 0.3) is 0 Å². The van der Waals surface area contributed by atoms with Gasteiger partial charge in [0, 0.05) is 12.5 Å². The molecule has 0 aromatic heterocycles. The number of aromatic carboxylic acids is 1. The molecule has 0 aliphatic heterocycles. The van der Waals surface area contributed by atoms with E-state index in [0.29, 0.717) is 0 Å². The van der Waals surface area contributed by atoms with Gasteiger partial charge in [-0.05, 0) is 24.1 Å². The van der Waals surface area contributed by atoms with Crippen LogP contribution in [0.3, 0.4) is 0 Å². The van der Waals surface area contributed by atoms with Gasteiger partial charge in [0.25, 0.3) is 0 Å². The number of carbonyl (C=O) groups is 1. The summed E-state index contributed by atoms with van der Waals surface area (Å²) in [5, 5.41) is 18.0. The highest BCUT2D eigenvalue weighted by molar-refractivity contribution is 5.90. The summed E-state index contributed by atoms with van der Waals surface area (Å²) in [5.41, 5.74) is 5.41. The van der Waals surface area contributed by atoms with E-state index in [1.807, 2.05) is 0 Å². The van der Waals surface area contributed by atoms with Crippen molar-refractivity contribution in [3.8, 4) is 5.75 Å². The largest absolute Gasteiger partial charge is 0.507 e. The molecule has 0 bridgehead atoms. The maximum atomic E-state index is 12.0. The Morgan fingerprint density at radius 2 is 1.95 bits per heavy atom. The van der Waals surface area contributed by atoms with E-state index in [1.54, 1.807) is 0 Å². The van der Waals surface area contributed by atoms with Crippen LogP contribution in [0.5, 0.6) is 5.75 Å². The molecule has 0 heterocycles. The van der Waals surface area contributed by atoms with Crippen LogP contribution in [0.4, 0.5) is 13.2 Å². The van der Waals surface area contributed by atoms with E-state index in [2.05, 4.69) is 0 Å². The SMILES string of the molecule is Cl.N[C@@H](CCC(F)(F)F)c1ccc(O)c(C(=O)O)c1. The van der Waals surface area contributed by atoms with Crippen molar-refractivity contribution in [2.24, 2.45) is 5.73 Å². The van der Waals surface area contributed by atoms with Gasteiger partial charge < -0.3 is 15.9 Å². The zero-order valence-electron chi connectivity index (χ0n) is 9.65. The van der Waals surface area contributed by atoms with Crippen molar-refractivity contribution in [3.63, 3.8) is 0 Å². The molecule has 0 spiro atoms. The van der Waals surface area contributed by atoms with Gasteiger partial charge in [-0.3, -0.25) is 0 Å². The third-order valence-corrected chi connectivity index (χ3v) is 2.42. The highest BCUT2D eigenvalue weighted by atomic mass is 35.5. The Bertz CT molecular complexity index is 451. The number of nitrogens with two attached hydrogens (primary N) is 1. The van der Waals surface area contributed by atoms with Crippen LogP contribution in [0, 0.1) is 0 Å². The lowest BCUT2D eigenvalue weighted by Crippen LogP contribution is -2.16. The Kier molecular flexibility index (Phi) is 6.11. The lowest BCUT2D eigenvalue weighted by atomic mass is 10.00. The Morgan fingerprint density at radius 3 is 2.42 bits per heavy atom. The summed E-state index contributed by atoms with van der Waals surface area (Å²) in [5.74, 6) is -1.81. The van der Waals surface area contributed by atoms with Crippen molar-refractivity contribution in [1.82, 2.24) is 0 Å². The first-order valence-electron chi connectivity index (χ1n) is 5.09. The molecule has 0 saturated heterocycles. The van der Waals surface area contributed by atoms with Gasteiger partial charge in [-0.25, -0.2) is 4.79 Å². The Morgan fingerprint density at radius 1 is 1.37 bits per heavy atom. The van der Waals surface area contributed by atoms with Crippen LogP contribution >= 0.6 is 12.4 Å². The van der Waals surface area contributed by atoms with Crippen molar-refractivity contribution < 1.29 is 28.2 Å². The lowest BCUT2D eigenvalue weighted by Gasteiger charge is -2.14. The molecule has 108 valence electrons. The Hall–Kier alpha value is -1.47. The van der Waals surface area contributed by atoms with Gasteiger partial charge in [0.05, 0.1) is 0 Å². The Labute approximate surface area is 113 Å².